The van der Waals surface area contributed by atoms with Gasteiger partial charge in [0.1, 0.15) is 5.82 Å². The molecule has 0 heterocycles. The first-order chi connectivity index (χ1) is 9.47. The molecule has 0 saturated heterocycles. The van der Waals surface area contributed by atoms with Gasteiger partial charge < -0.3 is 5.32 Å². The van der Waals surface area contributed by atoms with Crippen LogP contribution in [0.4, 0.5) is 4.39 Å². The van der Waals surface area contributed by atoms with E-state index in [1.807, 2.05) is 32.9 Å². The summed E-state index contributed by atoms with van der Waals surface area (Å²) in [5.74, 6) is -0.539. The number of rotatable bonds is 3. The molecule has 0 aliphatic heterocycles. The molecule has 0 aliphatic carbocycles. The molecule has 2 rings (SSSR count). The van der Waals surface area contributed by atoms with Crippen molar-refractivity contribution in [3.8, 4) is 0 Å². The largest absolute Gasteiger partial charge is 0.346 e. The molecule has 0 saturated carbocycles. The molecule has 0 aliphatic rings. The number of amides is 1. The monoisotopic (exact) mass is 271 g/mol. The summed E-state index contributed by atoms with van der Waals surface area (Å²) in [5, 5.41) is 2.94. The second kappa shape index (κ2) is 5.87. The van der Waals surface area contributed by atoms with Crippen LogP contribution < -0.4 is 5.32 Å². The number of hydrogen-bond acceptors (Lipinski definition) is 1. The molecule has 0 unspecified atom stereocenters. The average molecular weight is 271 g/mol. The fourth-order valence-electron chi connectivity index (χ4n) is 2.19. The van der Waals surface area contributed by atoms with Crippen molar-refractivity contribution in [1.29, 1.82) is 0 Å². The molecule has 0 radical (unpaired) electrons. The van der Waals surface area contributed by atoms with Crippen LogP contribution in [0.3, 0.4) is 0 Å². The molecule has 1 atom stereocenters. The van der Waals surface area contributed by atoms with Gasteiger partial charge in [-0.3, -0.25) is 4.79 Å². The highest BCUT2D eigenvalue weighted by Crippen LogP contribution is 2.19. The van der Waals surface area contributed by atoms with E-state index in [0.717, 1.165) is 16.7 Å². The maximum atomic E-state index is 12.8. The lowest BCUT2D eigenvalue weighted by Crippen LogP contribution is -2.27. The molecule has 1 N–H and O–H groups in total. The van der Waals surface area contributed by atoms with Crippen molar-refractivity contribution in [3.63, 3.8) is 0 Å². The number of hydrogen-bond donors (Lipinski definition) is 1. The molecule has 0 spiro atoms. The third kappa shape index (κ3) is 3.23. The molecule has 1 amide bonds. The lowest BCUT2D eigenvalue weighted by atomic mass is 10.00. The van der Waals surface area contributed by atoms with E-state index >= 15 is 0 Å². The SMILES string of the molecule is Cc1ccc(C)c([C@@H](C)NC(=O)c2ccc(F)cc2)c1. The second-order valence-electron chi connectivity index (χ2n) is 5.06. The van der Waals surface area contributed by atoms with Gasteiger partial charge in [0.25, 0.3) is 5.91 Å². The van der Waals surface area contributed by atoms with Gasteiger partial charge in [-0.25, -0.2) is 4.39 Å². The van der Waals surface area contributed by atoms with E-state index in [1.165, 1.54) is 24.3 Å². The summed E-state index contributed by atoms with van der Waals surface area (Å²) in [7, 11) is 0. The molecule has 3 heteroatoms. The highest BCUT2D eigenvalue weighted by atomic mass is 19.1. The Balaban J connectivity index is 2.15. The van der Waals surface area contributed by atoms with E-state index in [-0.39, 0.29) is 17.8 Å². The highest BCUT2D eigenvalue weighted by Gasteiger charge is 2.13. The quantitative estimate of drug-likeness (QED) is 0.900. The molecule has 0 aromatic heterocycles. The van der Waals surface area contributed by atoms with Crippen LogP contribution in [0.1, 0.15) is 40.0 Å². The topological polar surface area (TPSA) is 29.1 Å². The van der Waals surface area contributed by atoms with Gasteiger partial charge in [0.2, 0.25) is 0 Å². The van der Waals surface area contributed by atoms with Gasteiger partial charge >= 0.3 is 0 Å². The van der Waals surface area contributed by atoms with Crippen LogP contribution in [-0.2, 0) is 0 Å². The number of aryl methyl sites for hydroxylation is 2. The van der Waals surface area contributed by atoms with Crippen LogP contribution in [-0.4, -0.2) is 5.91 Å². The van der Waals surface area contributed by atoms with E-state index in [2.05, 4.69) is 11.4 Å². The average Bonchev–Trinajstić information content (AvgIpc) is 2.42. The third-order valence-electron chi connectivity index (χ3n) is 3.36. The Morgan fingerprint density at radius 3 is 2.40 bits per heavy atom. The van der Waals surface area contributed by atoms with E-state index in [0.29, 0.717) is 5.56 Å². The van der Waals surface area contributed by atoms with Gasteiger partial charge in [0, 0.05) is 5.56 Å². The van der Waals surface area contributed by atoms with Gasteiger partial charge in [0.05, 0.1) is 6.04 Å². The van der Waals surface area contributed by atoms with E-state index < -0.39 is 0 Å². The van der Waals surface area contributed by atoms with Crippen LogP contribution in [0.25, 0.3) is 0 Å². The second-order valence-corrected chi connectivity index (χ2v) is 5.06. The lowest BCUT2D eigenvalue weighted by molar-refractivity contribution is 0.0940. The Labute approximate surface area is 118 Å². The van der Waals surface area contributed by atoms with Gasteiger partial charge in [-0.05, 0) is 56.2 Å². The normalized spacial score (nSPS) is 12.0. The van der Waals surface area contributed by atoms with Crippen LogP contribution in [0.2, 0.25) is 0 Å². The number of halogens is 1. The molecule has 2 nitrogen and oxygen atoms in total. The smallest absolute Gasteiger partial charge is 0.251 e. The van der Waals surface area contributed by atoms with Gasteiger partial charge in [-0.2, -0.15) is 0 Å². The molecule has 104 valence electrons. The summed E-state index contributed by atoms with van der Waals surface area (Å²) in [6.07, 6.45) is 0. The summed E-state index contributed by atoms with van der Waals surface area (Å²) in [6, 6.07) is 11.6. The van der Waals surface area contributed by atoms with Crippen molar-refractivity contribution in [2.75, 3.05) is 0 Å². The zero-order valence-electron chi connectivity index (χ0n) is 11.9. The van der Waals surface area contributed by atoms with Crippen molar-refractivity contribution < 1.29 is 9.18 Å². The zero-order chi connectivity index (χ0) is 14.7. The van der Waals surface area contributed by atoms with Crippen LogP contribution in [0.5, 0.6) is 0 Å². The first-order valence-corrected chi connectivity index (χ1v) is 6.61. The predicted octanol–water partition coefficient (Wildman–Crippen LogP) is 3.93. The van der Waals surface area contributed by atoms with Crippen molar-refractivity contribution in [2.24, 2.45) is 0 Å². The zero-order valence-corrected chi connectivity index (χ0v) is 11.9. The van der Waals surface area contributed by atoms with Crippen LogP contribution in [0, 0.1) is 19.7 Å². The maximum absolute atomic E-state index is 12.8. The van der Waals surface area contributed by atoms with Gasteiger partial charge in [0.15, 0.2) is 0 Å². The van der Waals surface area contributed by atoms with Crippen molar-refractivity contribution in [2.45, 2.75) is 26.8 Å². The number of benzene rings is 2. The predicted molar refractivity (Wildman–Crippen MR) is 78.2 cm³/mol. The summed E-state index contributed by atoms with van der Waals surface area (Å²) >= 11 is 0. The van der Waals surface area contributed by atoms with Gasteiger partial charge in [-0.1, -0.05) is 23.8 Å². The number of carbonyl (C=O) groups is 1. The minimum atomic E-state index is -0.343. The third-order valence-corrected chi connectivity index (χ3v) is 3.36. The Kier molecular flexibility index (Phi) is 4.18. The van der Waals surface area contributed by atoms with Crippen molar-refractivity contribution in [3.05, 3.63) is 70.5 Å². The Hall–Kier alpha value is -2.16. The summed E-state index contributed by atoms with van der Waals surface area (Å²) in [6.45, 7) is 6.00. The molecule has 0 bridgehead atoms. The van der Waals surface area contributed by atoms with Gasteiger partial charge in [-0.15, -0.1) is 0 Å². The number of nitrogens with one attached hydrogen (secondary N) is 1. The fraction of sp³-hybridized carbons (Fsp3) is 0.235. The molecule has 2 aromatic carbocycles. The molecular weight excluding hydrogens is 253 g/mol. The Morgan fingerprint density at radius 1 is 1.10 bits per heavy atom. The van der Waals surface area contributed by atoms with Crippen molar-refractivity contribution in [1.82, 2.24) is 5.32 Å². The maximum Gasteiger partial charge on any atom is 0.251 e. The van der Waals surface area contributed by atoms with Crippen LogP contribution in [0.15, 0.2) is 42.5 Å². The Morgan fingerprint density at radius 2 is 1.75 bits per heavy atom. The summed E-state index contributed by atoms with van der Waals surface area (Å²) in [5.41, 5.74) is 3.86. The van der Waals surface area contributed by atoms with E-state index in [4.69, 9.17) is 0 Å². The summed E-state index contributed by atoms with van der Waals surface area (Å²) < 4.78 is 12.8. The highest BCUT2D eigenvalue weighted by molar-refractivity contribution is 5.94. The standard InChI is InChI=1S/C17H18FNO/c1-11-4-5-12(2)16(10-11)13(3)19-17(20)14-6-8-15(18)9-7-14/h4-10,13H,1-3H3,(H,19,20)/t13-/m1/s1. The minimum Gasteiger partial charge on any atom is -0.346 e. The van der Waals surface area contributed by atoms with E-state index in [1.54, 1.807) is 0 Å². The molecule has 20 heavy (non-hydrogen) atoms. The molecule has 2 aromatic rings. The van der Waals surface area contributed by atoms with Crippen LogP contribution >= 0.6 is 0 Å². The van der Waals surface area contributed by atoms with E-state index in [9.17, 15) is 9.18 Å². The lowest BCUT2D eigenvalue weighted by Gasteiger charge is -2.17. The molecule has 0 fully saturated rings. The summed E-state index contributed by atoms with van der Waals surface area (Å²) in [4.78, 5) is 12.1. The first kappa shape index (κ1) is 14.3. The first-order valence-electron chi connectivity index (χ1n) is 6.61. The molecular formula is C17H18FNO. The Bertz CT molecular complexity index is 619. The van der Waals surface area contributed by atoms with Crippen molar-refractivity contribution >= 4 is 5.91 Å². The fourth-order valence-corrected chi connectivity index (χ4v) is 2.19. The minimum absolute atomic E-state index is 0.0903. The number of carbonyl (C=O) groups excluding carboxylic acids is 1.